The maximum Gasteiger partial charge on any atom is 0.233 e. The molecule has 0 atom stereocenters. The van der Waals surface area contributed by atoms with Gasteiger partial charge in [-0.05, 0) is 38.0 Å². The van der Waals surface area contributed by atoms with Crippen molar-refractivity contribution in [3.8, 4) is 0 Å². The quantitative estimate of drug-likeness (QED) is 0.801. The van der Waals surface area contributed by atoms with Crippen molar-refractivity contribution in [3.05, 3.63) is 29.8 Å². The average Bonchev–Trinajstić information content (AvgIpc) is 2.40. The third-order valence-corrected chi connectivity index (χ3v) is 3.07. The van der Waals surface area contributed by atoms with E-state index in [9.17, 15) is 9.59 Å². The van der Waals surface area contributed by atoms with Crippen molar-refractivity contribution < 1.29 is 9.59 Å². The number of rotatable bonds is 6. The fraction of sp³-hybridized carbons (Fsp3) is 0.467. The molecule has 4 nitrogen and oxygen atoms in total. The highest BCUT2D eigenvalue weighted by Gasteiger charge is 2.14. The molecule has 0 radical (unpaired) electrons. The van der Waals surface area contributed by atoms with E-state index in [0.717, 1.165) is 12.1 Å². The highest BCUT2D eigenvalue weighted by atomic mass is 16.2. The third-order valence-electron chi connectivity index (χ3n) is 3.07. The normalized spacial score (nSPS) is 10.1. The molecule has 0 fully saturated rings. The predicted octanol–water partition coefficient (Wildman–Crippen LogP) is 2.45. The zero-order chi connectivity index (χ0) is 14.3. The van der Waals surface area contributed by atoms with E-state index in [1.165, 1.54) is 5.56 Å². The van der Waals surface area contributed by atoms with Gasteiger partial charge in [0.1, 0.15) is 6.42 Å². The van der Waals surface area contributed by atoms with Gasteiger partial charge in [-0.2, -0.15) is 0 Å². The largest absolute Gasteiger partial charge is 0.343 e. The molecule has 0 aliphatic rings. The smallest absolute Gasteiger partial charge is 0.233 e. The van der Waals surface area contributed by atoms with Crippen LogP contribution in [-0.4, -0.2) is 29.8 Å². The lowest BCUT2D eigenvalue weighted by atomic mass is 10.1. The molecule has 0 spiro atoms. The third kappa shape index (κ3) is 4.73. The van der Waals surface area contributed by atoms with Crippen LogP contribution < -0.4 is 5.32 Å². The summed E-state index contributed by atoms with van der Waals surface area (Å²) in [6.45, 7) is 7.16. The predicted molar refractivity (Wildman–Crippen MR) is 77.0 cm³/mol. The Morgan fingerprint density at radius 3 is 2.11 bits per heavy atom. The molecule has 104 valence electrons. The summed E-state index contributed by atoms with van der Waals surface area (Å²) in [4.78, 5) is 25.2. The van der Waals surface area contributed by atoms with Gasteiger partial charge in [0.2, 0.25) is 11.8 Å². The lowest BCUT2D eigenvalue weighted by molar-refractivity contribution is -0.134. The molecule has 1 aromatic carbocycles. The minimum absolute atomic E-state index is 0.1000. The molecule has 1 aromatic rings. The Bertz CT molecular complexity index is 422. The van der Waals surface area contributed by atoms with Crippen LogP contribution in [0.3, 0.4) is 0 Å². The second-order valence-electron chi connectivity index (χ2n) is 4.34. The van der Waals surface area contributed by atoms with Crippen molar-refractivity contribution >= 4 is 17.5 Å². The van der Waals surface area contributed by atoms with Crippen LogP contribution in [0, 0.1) is 0 Å². The van der Waals surface area contributed by atoms with Gasteiger partial charge < -0.3 is 10.2 Å². The summed E-state index contributed by atoms with van der Waals surface area (Å²) in [6, 6.07) is 7.67. The summed E-state index contributed by atoms with van der Waals surface area (Å²) in [7, 11) is 0. The molecule has 0 saturated heterocycles. The molecule has 0 heterocycles. The molecule has 2 amide bonds. The van der Waals surface area contributed by atoms with Crippen molar-refractivity contribution in [3.63, 3.8) is 0 Å². The highest BCUT2D eigenvalue weighted by molar-refractivity contribution is 6.03. The molecule has 0 aliphatic carbocycles. The average molecular weight is 262 g/mol. The minimum atomic E-state index is -0.263. The molecule has 19 heavy (non-hydrogen) atoms. The number of benzene rings is 1. The zero-order valence-electron chi connectivity index (χ0n) is 11.9. The number of hydrogen-bond donors (Lipinski definition) is 1. The number of carbonyl (C=O) groups excluding carboxylic acids is 2. The van der Waals surface area contributed by atoms with Crippen molar-refractivity contribution in [2.75, 3.05) is 18.4 Å². The minimum Gasteiger partial charge on any atom is -0.343 e. The first-order valence-electron chi connectivity index (χ1n) is 6.77. The highest BCUT2D eigenvalue weighted by Crippen LogP contribution is 2.10. The van der Waals surface area contributed by atoms with E-state index < -0.39 is 0 Å². The summed E-state index contributed by atoms with van der Waals surface area (Å²) in [6.07, 6.45) is 0.867. The van der Waals surface area contributed by atoms with Gasteiger partial charge in [-0.25, -0.2) is 0 Å². The van der Waals surface area contributed by atoms with Gasteiger partial charge in [0.15, 0.2) is 0 Å². The van der Waals surface area contributed by atoms with Crippen molar-refractivity contribution in [1.82, 2.24) is 4.90 Å². The number of anilines is 1. The maximum absolute atomic E-state index is 11.8. The van der Waals surface area contributed by atoms with Gasteiger partial charge in [-0.1, -0.05) is 19.1 Å². The van der Waals surface area contributed by atoms with Crippen molar-refractivity contribution in [1.29, 1.82) is 0 Å². The Labute approximate surface area is 114 Å². The standard InChI is InChI=1S/C15H22N2O2/c1-4-12-7-9-13(10-8-12)16-14(18)11-15(19)17(5-2)6-3/h7-10H,4-6,11H2,1-3H3,(H,16,18). The number of nitrogens with zero attached hydrogens (tertiary/aromatic N) is 1. The zero-order valence-corrected chi connectivity index (χ0v) is 11.9. The van der Waals surface area contributed by atoms with Gasteiger partial charge >= 0.3 is 0 Å². The van der Waals surface area contributed by atoms with Crippen LogP contribution in [0.2, 0.25) is 0 Å². The molecular formula is C15H22N2O2. The summed E-state index contributed by atoms with van der Waals surface area (Å²) in [5.41, 5.74) is 1.95. The van der Waals surface area contributed by atoms with E-state index in [4.69, 9.17) is 0 Å². The number of aryl methyl sites for hydroxylation is 1. The molecule has 0 aromatic heterocycles. The Balaban J connectivity index is 2.52. The molecule has 0 unspecified atom stereocenters. The molecule has 4 heteroatoms. The van der Waals surface area contributed by atoms with Crippen LogP contribution >= 0.6 is 0 Å². The van der Waals surface area contributed by atoms with Gasteiger partial charge in [0.25, 0.3) is 0 Å². The van der Waals surface area contributed by atoms with E-state index in [1.807, 2.05) is 38.1 Å². The first-order valence-corrected chi connectivity index (χ1v) is 6.77. The second kappa shape index (κ2) is 7.56. The summed E-state index contributed by atoms with van der Waals surface area (Å²) in [5, 5.41) is 2.74. The summed E-state index contributed by atoms with van der Waals surface area (Å²) < 4.78 is 0. The molecule has 0 bridgehead atoms. The topological polar surface area (TPSA) is 49.4 Å². The number of amides is 2. The number of nitrogens with one attached hydrogen (secondary N) is 1. The first-order chi connectivity index (χ1) is 9.10. The summed E-state index contributed by atoms with van der Waals surface area (Å²) >= 11 is 0. The Morgan fingerprint density at radius 2 is 1.63 bits per heavy atom. The molecule has 1 N–H and O–H groups in total. The number of hydrogen-bond acceptors (Lipinski definition) is 2. The van der Waals surface area contributed by atoms with E-state index in [2.05, 4.69) is 12.2 Å². The van der Waals surface area contributed by atoms with E-state index >= 15 is 0 Å². The lowest BCUT2D eigenvalue weighted by Gasteiger charge is -2.18. The first kappa shape index (κ1) is 15.2. The van der Waals surface area contributed by atoms with Crippen molar-refractivity contribution in [2.24, 2.45) is 0 Å². The van der Waals surface area contributed by atoms with Crippen LogP contribution in [0.15, 0.2) is 24.3 Å². The molecule has 0 saturated carbocycles. The molecular weight excluding hydrogens is 240 g/mol. The second-order valence-corrected chi connectivity index (χ2v) is 4.34. The fourth-order valence-corrected chi connectivity index (χ4v) is 1.85. The Morgan fingerprint density at radius 1 is 1.05 bits per heavy atom. The SMILES string of the molecule is CCc1ccc(NC(=O)CC(=O)N(CC)CC)cc1. The Hall–Kier alpha value is -1.84. The van der Waals surface area contributed by atoms with Crippen LogP contribution in [-0.2, 0) is 16.0 Å². The Kier molecular flexibility index (Phi) is 6.06. The van der Waals surface area contributed by atoms with Gasteiger partial charge in [0, 0.05) is 18.8 Å². The van der Waals surface area contributed by atoms with Crippen LogP contribution in [0.4, 0.5) is 5.69 Å². The van der Waals surface area contributed by atoms with Gasteiger partial charge in [0.05, 0.1) is 0 Å². The molecule has 1 rings (SSSR count). The van der Waals surface area contributed by atoms with Crippen LogP contribution in [0.5, 0.6) is 0 Å². The van der Waals surface area contributed by atoms with Crippen molar-refractivity contribution in [2.45, 2.75) is 33.6 Å². The van der Waals surface area contributed by atoms with E-state index in [-0.39, 0.29) is 18.2 Å². The summed E-state index contributed by atoms with van der Waals surface area (Å²) in [5.74, 6) is -0.395. The van der Waals surface area contributed by atoms with Crippen LogP contribution in [0.25, 0.3) is 0 Å². The lowest BCUT2D eigenvalue weighted by Crippen LogP contribution is -2.33. The fourth-order valence-electron chi connectivity index (χ4n) is 1.85. The van der Waals surface area contributed by atoms with Gasteiger partial charge in [-0.15, -0.1) is 0 Å². The maximum atomic E-state index is 11.8. The number of carbonyl (C=O) groups is 2. The monoisotopic (exact) mass is 262 g/mol. The van der Waals surface area contributed by atoms with E-state index in [1.54, 1.807) is 4.90 Å². The molecule has 0 aliphatic heterocycles. The van der Waals surface area contributed by atoms with E-state index in [0.29, 0.717) is 13.1 Å². The van der Waals surface area contributed by atoms with Crippen LogP contribution in [0.1, 0.15) is 32.8 Å². The van der Waals surface area contributed by atoms with Gasteiger partial charge in [-0.3, -0.25) is 9.59 Å².